The molecule has 140 valence electrons. The molecule has 0 bridgehead atoms. The smallest absolute Gasteiger partial charge is 0.471 e. The van der Waals surface area contributed by atoms with E-state index in [0.717, 1.165) is 0 Å². The van der Waals surface area contributed by atoms with Gasteiger partial charge in [-0.3, -0.25) is 14.9 Å². The van der Waals surface area contributed by atoms with Gasteiger partial charge in [-0.15, -0.1) is 0 Å². The van der Waals surface area contributed by atoms with Gasteiger partial charge in [0.2, 0.25) is 0 Å². The molecule has 2 aliphatic carbocycles. The van der Waals surface area contributed by atoms with Crippen molar-refractivity contribution in [2.24, 2.45) is 5.92 Å². The number of rotatable bonds is 4. The Hall–Kier alpha value is -2.16. The lowest BCUT2D eigenvalue weighted by atomic mass is 9.94. The van der Waals surface area contributed by atoms with E-state index in [1.54, 1.807) is 18.2 Å². The summed E-state index contributed by atoms with van der Waals surface area (Å²) >= 11 is 0. The van der Waals surface area contributed by atoms with E-state index < -0.39 is 40.8 Å². The van der Waals surface area contributed by atoms with Crippen molar-refractivity contribution in [1.29, 1.82) is 0 Å². The summed E-state index contributed by atoms with van der Waals surface area (Å²) in [5.41, 5.74) is -5.02. The van der Waals surface area contributed by atoms with Crippen molar-refractivity contribution in [3.8, 4) is 0 Å². The van der Waals surface area contributed by atoms with Crippen LogP contribution >= 0.6 is 0 Å². The maximum Gasteiger partial charge on any atom is 0.471 e. The minimum Gasteiger partial charge on any atom is -0.480 e. The fraction of sp³-hybridized carbons (Fsp3) is 0.529. The van der Waals surface area contributed by atoms with Crippen LogP contribution in [0.1, 0.15) is 24.8 Å². The van der Waals surface area contributed by atoms with Crippen LogP contribution in [0.25, 0.3) is 0 Å². The van der Waals surface area contributed by atoms with Crippen LogP contribution in [0.4, 0.5) is 17.6 Å². The number of carboxylic acids is 1. The predicted molar refractivity (Wildman–Crippen MR) is 80.8 cm³/mol. The molecule has 3 aliphatic rings. The van der Waals surface area contributed by atoms with E-state index in [9.17, 15) is 27.9 Å². The molecule has 1 saturated heterocycles. The van der Waals surface area contributed by atoms with Crippen LogP contribution < -0.4 is 10.6 Å². The van der Waals surface area contributed by atoms with Crippen LogP contribution in [-0.2, 0) is 15.3 Å². The van der Waals surface area contributed by atoms with E-state index >= 15 is 4.39 Å². The monoisotopic (exact) mass is 372 g/mol. The molecule has 3 N–H and O–H groups in total. The zero-order valence-electron chi connectivity index (χ0n) is 13.4. The van der Waals surface area contributed by atoms with Crippen LogP contribution in [0.15, 0.2) is 30.3 Å². The van der Waals surface area contributed by atoms with E-state index in [-0.39, 0.29) is 24.3 Å². The van der Waals surface area contributed by atoms with Gasteiger partial charge in [-0.1, -0.05) is 30.3 Å². The Bertz CT molecular complexity index is 786. The number of piperidine rings is 1. The van der Waals surface area contributed by atoms with Gasteiger partial charge in [-0.05, 0) is 24.3 Å². The zero-order valence-corrected chi connectivity index (χ0v) is 13.4. The number of carbonyl (C=O) groups excluding carboxylic acids is 1. The Balaban J connectivity index is 1.72. The van der Waals surface area contributed by atoms with Gasteiger partial charge in [-0.2, -0.15) is 13.2 Å². The Morgan fingerprint density at radius 1 is 1.23 bits per heavy atom. The highest BCUT2D eigenvalue weighted by Crippen LogP contribution is 2.73. The topological polar surface area (TPSA) is 78.4 Å². The normalized spacial score (nSPS) is 40.6. The van der Waals surface area contributed by atoms with Crippen molar-refractivity contribution in [2.45, 2.75) is 48.2 Å². The molecular formula is C17H16F4N2O3. The molecule has 1 aromatic rings. The summed E-state index contributed by atoms with van der Waals surface area (Å²) in [7, 11) is 0. The molecule has 26 heavy (non-hydrogen) atoms. The minimum atomic E-state index is -5.15. The quantitative estimate of drug-likeness (QED) is 0.706. The van der Waals surface area contributed by atoms with E-state index in [4.69, 9.17) is 0 Å². The number of carboxylic acid groups (broad SMARTS) is 1. The Labute approximate surface area is 145 Å². The highest BCUT2D eigenvalue weighted by molar-refractivity contribution is 5.84. The molecule has 5 atom stereocenters. The highest BCUT2D eigenvalue weighted by atomic mass is 19.4. The molecular weight excluding hydrogens is 356 g/mol. The minimum absolute atomic E-state index is 0.170. The third-order valence-electron chi connectivity index (χ3n) is 5.99. The Morgan fingerprint density at radius 3 is 2.42 bits per heavy atom. The van der Waals surface area contributed by atoms with Crippen molar-refractivity contribution in [3.63, 3.8) is 0 Å². The van der Waals surface area contributed by atoms with Crippen molar-refractivity contribution >= 4 is 11.9 Å². The van der Waals surface area contributed by atoms with Gasteiger partial charge in [0.15, 0.2) is 5.67 Å². The number of hydrogen-bond donors (Lipinski definition) is 3. The number of fused-ring (bicyclic) bond motifs is 1. The summed E-state index contributed by atoms with van der Waals surface area (Å²) in [6.45, 7) is 0. The first-order chi connectivity index (χ1) is 12.1. The molecule has 4 rings (SSSR count). The number of alkyl halides is 4. The van der Waals surface area contributed by atoms with Crippen molar-refractivity contribution in [3.05, 3.63) is 35.9 Å². The molecule has 0 radical (unpaired) electrons. The first-order valence-electron chi connectivity index (χ1n) is 8.20. The summed E-state index contributed by atoms with van der Waals surface area (Å²) in [5, 5.41) is 13.9. The number of amides is 1. The predicted octanol–water partition coefficient (Wildman–Crippen LogP) is 1.88. The lowest BCUT2D eigenvalue weighted by molar-refractivity contribution is -0.175. The van der Waals surface area contributed by atoms with Gasteiger partial charge in [0.1, 0.15) is 11.6 Å². The van der Waals surface area contributed by atoms with E-state index in [1.807, 2.05) is 5.32 Å². The van der Waals surface area contributed by atoms with Crippen molar-refractivity contribution in [1.82, 2.24) is 10.6 Å². The highest BCUT2D eigenvalue weighted by Gasteiger charge is 2.87. The lowest BCUT2D eigenvalue weighted by Crippen LogP contribution is -2.61. The van der Waals surface area contributed by atoms with Crippen LogP contribution in [0.2, 0.25) is 0 Å². The van der Waals surface area contributed by atoms with Gasteiger partial charge in [0, 0.05) is 12.0 Å². The number of aliphatic carboxylic acids is 1. The van der Waals surface area contributed by atoms with Gasteiger partial charge in [0.25, 0.3) is 0 Å². The van der Waals surface area contributed by atoms with Crippen LogP contribution in [0, 0.1) is 5.92 Å². The molecule has 1 amide bonds. The molecule has 0 spiro atoms. The lowest BCUT2D eigenvalue weighted by Gasteiger charge is -2.32. The van der Waals surface area contributed by atoms with Crippen LogP contribution in [0.5, 0.6) is 0 Å². The Morgan fingerprint density at radius 2 is 1.88 bits per heavy atom. The average molecular weight is 372 g/mol. The fourth-order valence-electron chi connectivity index (χ4n) is 4.66. The standard InChI is InChI=1S/C17H16F4N2O3/c18-14(9-4-2-1-3-5-9)8-16(14,23-13(26)17(19,20)21)15-7-10(15)6-11(22-15)12(24)25/h1-5,10-11,22H,6-8H2,(H,23,26)(H,24,25)/t10-,11-,14+,15-,16-/m0/s1. The van der Waals surface area contributed by atoms with E-state index in [1.165, 1.54) is 12.1 Å². The largest absolute Gasteiger partial charge is 0.480 e. The maximum absolute atomic E-state index is 15.8. The summed E-state index contributed by atoms with van der Waals surface area (Å²) in [5.74, 6) is -3.65. The zero-order chi connectivity index (χ0) is 19.0. The van der Waals surface area contributed by atoms with Gasteiger partial charge in [-0.25, -0.2) is 4.39 Å². The van der Waals surface area contributed by atoms with Gasteiger partial charge >= 0.3 is 18.1 Å². The number of nitrogens with one attached hydrogen (secondary N) is 2. The molecule has 1 heterocycles. The molecule has 1 aliphatic heterocycles. The summed E-state index contributed by atoms with van der Waals surface area (Å²) in [4.78, 5) is 22.9. The third kappa shape index (κ3) is 2.12. The SMILES string of the molecule is O=C(O)[C@@H]1C[C@H]2C[C@]2([C@]2(NC(=O)C(F)(F)F)C[C@@]2(F)c2ccccc2)N1. The van der Waals surface area contributed by atoms with Crippen LogP contribution in [-0.4, -0.2) is 40.3 Å². The second-order valence-corrected chi connectivity index (χ2v) is 7.34. The first kappa shape index (κ1) is 17.3. The van der Waals surface area contributed by atoms with Crippen molar-refractivity contribution in [2.75, 3.05) is 0 Å². The van der Waals surface area contributed by atoms with E-state index in [2.05, 4.69) is 5.32 Å². The summed E-state index contributed by atoms with van der Waals surface area (Å²) in [6, 6.07) is 6.73. The Kier molecular flexibility index (Phi) is 3.30. The first-order valence-corrected chi connectivity index (χ1v) is 8.20. The van der Waals surface area contributed by atoms with Crippen molar-refractivity contribution < 1.29 is 32.3 Å². The van der Waals surface area contributed by atoms with Gasteiger partial charge < -0.3 is 10.4 Å². The molecule has 0 aromatic heterocycles. The molecule has 1 aromatic carbocycles. The maximum atomic E-state index is 15.8. The van der Waals surface area contributed by atoms with Gasteiger partial charge in [0.05, 0.1) is 0 Å². The van der Waals surface area contributed by atoms with Crippen LogP contribution in [0.3, 0.4) is 0 Å². The second-order valence-electron chi connectivity index (χ2n) is 7.34. The number of carbonyl (C=O) groups is 2. The summed E-state index contributed by atoms with van der Waals surface area (Å²) < 4.78 is 54.3. The summed E-state index contributed by atoms with van der Waals surface area (Å²) in [6.07, 6.45) is -4.96. The number of hydrogen-bond acceptors (Lipinski definition) is 3. The average Bonchev–Trinajstić information content (AvgIpc) is 3.39. The molecule has 0 unspecified atom stereocenters. The molecule has 3 fully saturated rings. The number of benzene rings is 1. The molecule has 9 heteroatoms. The third-order valence-corrected chi connectivity index (χ3v) is 5.99. The second kappa shape index (κ2) is 4.97. The molecule has 5 nitrogen and oxygen atoms in total. The fourth-order valence-corrected chi connectivity index (χ4v) is 4.66. The molecule has 2 saturated carbocycles. The van der Waals surface area contributed by atoms with E-state index in [0.29, 0.717) is 6.42 Å². The number of halogens is 4.